The zero-order chi connectivity index (χ0) is 10.2. The van der Waals surface area contributed by atoms with Crippen LogP contribution in [-0.4, -0.2) is 11.0 Å². The number of rotatable bonds is 2. The predicted molar refractivity (Wildman–Crippen MR) is 53.9 cm³/mol. The van der Waals surface area contributed by atoms with E-state index in [1.54, 1.807) is 0 Å². The molecule has 1 aliphatic carbocycles. The van der Waals surface area contributed by atoms with Crippen molar-refractivity contribution in [3.05, 3.63) is 29.8 Å². The van der Waals surface area contributed by atoms with E-state index in [0.29, 0.717) is 0 Å². The molecule has 0 aromatic heterocycles. The fraction of sp³-hybridized carbons (Fsp3) is 0.364. The zero-order valence-corrected chi connectivity index (χ0v) is 8.08. The van der Waals surface area contributed by atoms with Crippen LogP contribution in [0.5, 0.6) is 0 Å². The quantitative estimate of drug-likeness (QED) is 0.746. The Kier molecular flexibility index (Phi) is 2.04. The van der Waals surface area contributed by atoms with E-state index < -0.39 is 5.60 Å². The molecule has 0 aliphatic heterocycles. The van der Waals surface area contributed by atoms with Gasteiger partial charge in [0.05, 0.1) is 5.60 Å². The smallest absolute Gasteiger partial charge is 0.221 e. The summed E-state index contributed by atoms with van der Waals surface area (Å²) in [5.74, 6) is -0.0927. The van der Waals surface area contributed by atoms with Gasteiger partial charge in [0.25, 0.3) is 0 Å². The predicted octanol–water partition coefficient (Wildman–Crippen LogP) is 1.63. The van der Waals surface area contributed by atoms with Crippen molar-refractivity contribution >= 4 is 11.6 Å². The van der Waals surface area contributed by atoms with Crippen LogP contribution in [0.1, 0.15) is 25.3 Å². The summed E-state index contributed by atoms with van der Waals surface area (Å²) in [4.78, 5) is 10.8. The van der Waals surface area contributed by atoms with Crippen molar-refractivity contribution in [2.24, 2.45) is 0 Å². The molecule has 1 aromatic rings. The number of hydrogen-bond donors (Lipinski definition) is 2. The Labute approximate surface area is 82.8 Å². The Morgan fingerprint density at radius 1 is 1.50 bits per heavy atom. The summed E-state index contributed by atoms with van der Waals surface area (Å²) in [5, 5.41) is 12.5. The average molecular weight is 191 g/mol. The number of aliphatic hydroxyl groups is 1. The molecular formula is C11H13NO2. The Morgan fingerprint density at radius 3 is 2.79 bits per heavy atom. The standard InChI is InChI=1S/C11H13NO2/c1-8(13)12-10-4-2-3-9(7-10)11(14)5-6-11/h2-4,7,14H,5-6H2,1H3,(H,12,13). The number of nitrogens with one attached hydrogen (secondary N) is 1. The van der Waals surface area contributed by atoms with Gasteiger partial charge in [-0.3, -0.25) is 4.79 Å². The second-order valence-corrected chi connectivity index (χ2v) is 3.79. The molecule has 1 fully saturated rings. The number of anilines is 1. The minimum atomic E-state index is -0.630. The maximum Gasteiger partial charge on any atom is 0.221 e. The molecule has 0 atom stereocenters. The van der Waals surface area contributed by atoms with Crippen molar-refractivity contribution in [3.63, 3.8) is 0 Å². The number of hydrogen-bond acceptors (Lipinski definition) is 2. The Bertz CT molecular complexity index is 369. The van der Waals surface area contributed by atoms with Gasteiger partial charge in [-0.25, -0.2) is 0 Å². The van der Waals surface area contributed by atoms with Crippen LogP contribution in [0, 0.1) is 0 Å². The van der Waals surface area contributed by atoms with Gasteiger partial charge in [0, 0.05) is 12.6 Å². The van der Waals surface area contributed by atoms with Gasteiger partial charge in [0.1, 0.15) is 0 Å². The second-order valence-electron chi connectivity index (χ2n) is 3.79. The topological polar surface area (TPSA) is 49.3 Å². The van der Waals surface area contributed by atoms with E-state index in [1.165, 1.54) is 6.92 Å². The van der Waals surface area contributed by atoms with E-state index >= 15 is 0 Å². The summed E-state index contributed by atoms with van der Waals surface area (Å²) in [6, 6.07) is 7.38. The van der Waals surface area contributed by atoms with Crippen molar-refractivity contribution in [1.82, 2.24) is 0 Å². The molecule has 0 radical (unpaired) electrons. The van der Waals surface area contributed by atoms with E-state index in [0.717, 1.165) is 24.1 Å². The highest BCUT2D eigenvalue weighted by Gasteiger charge is 2.42. The molecule has 0 unspecified atom stereocenters. The fourth-order valence-electron chi connectivity index (χ4n) is 1.50. The monoisotopic (exact) mass is 191 g/mol. The molecule has 3 heteroatoms. The van der Waals surface area contributed by atoms with Crippen LogP contribution in [0.25, 0.3) is 0 Å². The molecule has 1 aromatic carbocycles. The summed E-state index contributed by atoms with van der Waals surface area (Å²) in [7, 11) is 0. The highest BCUT2D eigenvalue weighted by Crippen LogP contribution is 2.45. The normalized spacial score (nSPS) is 17.6. The largest absolute Gasteiger partial charge is 0.385 e. The summed E-state index contributed by atoms with van der Waals surface area (Å²) < 4.78 is 0. The third kappa shape index (κ3) is 1.77. The molecular weight excluding hydrogens is 178 g/mol. The molecule has 74 valence electrons. The molecule has 1 saturated carbocycles. The van der Waals surface area contributed by atoms with Crippen LogP contribution in [0.4, 0.5) is 5.69 Å². The molecule has 0 saturated heterocycles. The van der Waals surface area contributed by atoms with E-state index in [9.17, 15) is 9.90 Å². The first-order chi connectivity index (χ1) is 6.60. The summed E-state index contributed by atoms with van der Waals surface area (Å²) in [5.41, 5.74) is 1.01. The van der Waals surface area contributed by atoms with Crippen molar-refractivity contribution in [1.29, 1.82) is 0 Å². The molecule has 3 nitrogen and oxygen atoms in total. The summed E-state index contributed by atoms with van der Waals surface area (Å²) >= 11 is 0. The number of benzene rings is 1. The third-order valence-electron chi connectivity index (χ3n) is 2.44. The lowest BCUT2D eigenvalue weighted by molar-refractivity contribution is -0.114. The van der Waals surface area contributed by atoms with Crippen LogP contribution in [0.3, 0.4) is 0 Å². The summed E-state index contributed by atoms with van der Waals surface area (Å²) in [6.07, 6.45) is 1.63. The van der Waals surface area contributed by atoms with Gasteiger partial charge in [-0.1, -0.05) is 12.1 Å². The van der Waals surface area contributed by atoms with Crippen molar-refractivity contribution < 1.29 is 9.90 Å². The molecule has 1 aliphatic rings. The van der Waals surface area contributed by atoms with Gasteiger partial charge >= 0.3 is 0 Å². The number of carbonyl (C=O) groups excluding carboxylic acids is 1. The molecule has 14 heavy (non-hydrogen) atoms. The van der Waals surface area contributed by atoms with Gasteiger partial charge in [0.15, 0.2) is 0 Å². The maximum atomic E-state index is 10.8. The first-order valence-electron chi connectivity index (χ1n) is 4.71. The minimum absolute atomic E-state index is 0.0927. The van der Waals surface area contributed by atoms with Gasteiger partial charge in [-0.2, -0.15) is 0 Å². The first-order valence-corrected chi connectivity index (χ1v) is 4.71. The zero-order valence-electron chi connectivity index (χ0n) is 8.08. The van der Waals surface area contributed by atoms with Crippen LogP contribution < -0.4 is 5.32 Å². The highest BCUT2D eigenvalue weighted by atomic mass is 16.3. The van der Waals surface area contributed by atoms with E-state index in [2.05, 4.69) is 5.32 Å². The minimum Gasteiger partial charge on any atom is -0.385 e. The molecule has 1 amide bonds. The van der Waals surface area contributed by atoms with Gasteiger partial charge in [-0.05, 0) is 30.5 Å². The van der Waals surface area contributed by atoms with Gasteiger partial charge < -0.3 is 10.4 Å². The molecule has 0 bridgehead atoms. The maximum absolute atomic E-state index is 10.8. The van der Waals surface area contributed by atoms with Crippen LogP contribution >= 0.6 is 0 Å². The van der Waals surface area contributed by atoms with Crippen LogP contribution in [-0.2, 0) is 10.4 Å². The first kappa shape index (κ1) is 9.21. The Hall–Kier alpha value is -1.35. The Morgan fingerprint density at radius 2 is 2.21 bits per heavy atom. The van der Waals surface area contributed by atoms with E-state index in [4.69, 9.17) is 0 Å². The van der Waals surface area contributed by atoms with E-state index in [-0.39, 0.29) is 5.91 Å². The Balaban J connectivity index is 2.23. The molecule has 2 N–H and O–H groups in total. The molecule has 2 rings (SSSR count). The summed E-state index contributed by atoms with van der Waals surface area (Å²) in [6.45, 7) is 1.47. The molecule has 0 spiro atoms. The highest BCUT2D eigenvalue weighted by molar-refractivity contribution is 5.88. The third-order valence-corrected chi connectivity index (χ3v) is 2.44. The van der Waals surface area contributed by atoms with Crippen LogP contribution in [0.15, 0.2) is 24.3 Å². The van der Waals surface area contributed by atoms with Gasteiger partial charge in [0.2, 0.25) is 5.91 Å². The number of amides is 1. The van der Waals surface area contributed by atoms with Gasteiger partial charge in [-0.15, -0.1) is 0 Å². The average Bonchev–Trinajstić information content (AvgIpc) is 2.84. The van der Waals surface area contributed by atoms with Crippen molar-refractivity contribution in [3.8, 4) is 0 Å². The van der Waals surface area contributed by atoms with E-state index in [1.807, 2.05) is 24.3 Å². The lowest BCUT2D eigenvalue weighted by Gasteiger charge is -2.09. The molecule has 0 heterocycles. The van der Waals surface area contributed by atoms with Crippen LogP contribution in [0.2, 0.25) is 0 Å². The lowest BCUT2D eigenvalue weighted by atomic mass is 10.1. The van der Waals surface area contributed by atoms with Crippen molar-refractivity contribution in [2.45, 2.75) is 25.4 Å². The SMILES string of the molecule is CC(=O)Nc1cccc(C2(O)CC2)c1. The lowest BCUT2D eigenvalue weighted by Crippen LogP contribution is -2.08. The van der Waals surface area contributed by atoms with Crippen molar-refractivity contribution in [2.75, 3.05) is 5.32 Å². The number of carbonyl (C=O) groups is 1. The second kappa shape index (κ2) is 3.10. The fourth-order valence-corrected chi connectivity index (χ4v) is 1.50.